The zero-order valence-corrected chi connectivity index (χ0v) is 9.74. The number of nitrogens with one attached hydrogen (secondary N) is 1. The molecule has 0 spiro atoms. The number of carbonyl (C=O) groups excluding carboxylic acids is 1. The van der Waals surface area contributed by atoms with Gasteiger partial charge in [0, 0.05) is 18.5 Å². The van der Waals surface area contributed by atoms with Gasteiger partial charge in [-0.15, -0.1) is 0 Å². The van der Waals surface area contributed by atoms with E-state index in [-0.39, 0.29) is 18.9 Å². The average molecular weight is 252 g/mol. The average Bonchev–Trinajstić information content (AvgIpc) is 2.36. The Bertz CT molecular complexity index is 408. The number of hydrogen-bond donors (Lipinski definition) is 4. The van der Waals surface area contributed by atoms with Crippen molar-refractivity contribution in [3.8, 4) is 0 Å². The molecule has 0 heterocycles. The van der Waals surface area contributed by atoms with Gasteiger partial charge in [-0.2, -0.15) is 0 Å². The first kappa shape index (κ1) is 14.1. The van der Waals surface area contributed by atoms with E-state index in [1.54, 1.807) is 30.3 Å². The highest BCUT2D eigenvalue weighted by atomic mass is 16.4. The molecule has 2 atom stereocenters. The number of nitrogens with two attached hydrogens (primary N) is 1. The van der Waals surface area contributed by atoms with E-state index in [4.69, 9.17) is 10.8 Å². The molecule has 1 aromatic carbocycles. The van der Waals surface area contributed by atoms with Gasteiger partial charge < -0.3 is 21.3 Å². The number of carboxylic acids is 1. The van der Waals surface area contributed by atoms with Crippen molar-refractivity contribution in [3.05, 3.63) is 35.9 Å². The van der Waals surface area contributed by atoms with E-state index in [2.05, 4.69) is 5.32 Å². The third-order valence-corrected chi connectivity index (χ3v) is 2.38. The highest BCUT2D eigenvalue weighted by Gasteiger charge is 2.17. The van der Waals surface area contributed by atoms with Crippen LogP contribution in [-0.4, -0.2) is 40.8 Å². The van der Waals surface area contributed by atoms with E-state index in [1.807, 2.05) is 0 Å². The number of carboxylic acid groups (broad SMARTS) is 1. The van der Waals surface area contributed by atoms with E-state index >= 15 is 0 Å². The number of aliphatic carboxylic acids is 1. The smallest absolute Gasteiger partial charge is 0.320 e. The number of aliphatic hydroxyl groups excluding tert-OH is 1. The van der Waals surface area contributed by atoms with E-state index in [9.17, 15) is 14.7 Å². The minimum absolute atomic E-state index is 0.0330. The summed E-state index contributed by atoms with van der Waals surface area (Å²) in [6.45, 7) is -0.0330. The Labute approximate surface area is 104 Å². The van der Waals surface area contributed by atoms with Crippen molar-refractivity contribution < 1.29 is 19.8 Å². The molecule has 6 heteroatoms. The van der Waals surface area contributed by atoms with Gasteiger partial charge in [0.05, 0.1) is 6.10 Å². The molecule has 1 aromatic rings. The maximum atomic E-state index is 11.6. The highest BCUT2D eigenvalue weighted by Crippen LogP contribution is 1.99. The molecule has 0 saturated carbocycles. The van der Waals surface area contributed by atoms with Crippen LogP contribution in [0, 0.1) is 0 Å². The zero-order valence-electron chi connectivity index (χ0n) is 9.74. The Morgan fingerprint density at radius 3 is 2.44 bits per heavy atom. The number of benzene rings is 1. The molecule has 0 saturated heterocycles. The van der Waals surface area contributed by atoms with Crippen LogP contribution in [0.5, 0.6) is 0 Å². The summed E-state index contributed by atoms with van der Waals surface area (Å²) in [5.74, 6) is -1.50. The second-order valence-electron chi connectivity index (χ2n) is 3.91. The van der Waals surface area contributed by atoms with Crippen LogP contribution in [0.15, 0.2) is 30.3 Å². The second kappa shape index (κ2) is 6.73. The SMILES string of the molecule is NC(CC(O)CNC(=O)c1ccccc1)C(=O)O. The van der Waals surface area contributed by atoms with Crippen molar-refractivity contribution in [2.24, 2.45) is 5.73 Å². The molecule has 0 radical (unpaired) electrons. The van der Waals surface area contributed by atoms with Gasteiger partial charge in [0.15, 0.2) is 0 Å². The minimum atomic E-state index is -1.18. The fraction of sp³-hybridized carbons (Fsp3) is 0.333. The minimum Gasteiger partial charge on any atom is -0.480 e. The van der Waals surface area contributed by atoms with Crippen molar-refractivity contribution in [1.29, 1.82) is 0 Å². The van der Waals surface area contributed by atoms with Gasteiger partial charge in [0.1, 0.15) is 6.04 Å². The van der Waals surface area contributed by atoms with Gasteiger partial charge in [0.25, 0.3) is 5.91 Å². The maximum absolute atomic E-state index is 11.6. The lowest BCUT2D eigenvalue weighted by atomic mass is 10.1. The molecule has 0 fully saturated rings. The van der Waals surface area contributed by atoms with E-state index in [1.165, 1.54) is 0 Å². The molecule has 6 nitrogen and oxygen atoms in total. The third kappa shape index (κ3) is 4.52. The largest absolute Gasteiger partial charge is 0.480 e. The summed E-state index contributed by atoms with van der Waals surface area (Å²) in [6.07, 6.45) is -1.09. The van der Waals surface area contributed by atoms with Crippen LogP contribution in [0.2, 0.25) is 0 Å². The first-order chi connectivity index (χ1) is 8.50. The molecule has 18 heavy (non-hydrogen) atoms. The Morgan fingerprint density at radius 2 is 1.89 bits per heavy atom. The van der Waals surface area contributed by atoms with Crippen LogP contribution in [0.25, 0.3) is 0 Å². The molecule has 1 amide bonds. The van der Waals surface area contributed by atoms with Crippen molar-refractivity contribution in [1.82, 2.24) is 5.32 Å². The van der Waals surface area contributed by atoms with Gasteiger partial charge in [-0.1, -0.05) is 18.2 Å². The number of amides is 1. The van der Waals surface area contributed by atoms with Crippen LogP contribution < -0.4 is 11.1 Å². The normalized spacial score (nSPS) is 13.7. The molecule has 0 aliphatic heterocycles. The predicted octanol–water partition coefficient (Wildman–Crippen LogP) is -0.421. The van der Waals surface area contributed by atoms with Crippen molar-refractivity contribution in [2.75, 3.05) is 6.54 Å². The molecule has 1 rings (SSSR count). The standard InChI is InChI=1S/C12H16N2O4/c13-10(12(17)18)6-9(15)7-14-11(16)8-4-2-1-3-5-8/h1-5,9-10,15H,6-7,13H2,(H,14,16)(H,17,18). The van der Waals surface area contributed by atoms with Gasteiger partial charge in [-0.3, -0.25) is 9.59 Å². The summed E-state index contributed by atoms with van der Waals surface area (Å²) in [7, 11) is 0. The first-order valence-electron chi connectivity index (χ1n) is 5.50. The topological polar surface area (TPSA) is 113 Å². The lowest BCUT2D eigenvalue weighted by molar-refractivity contribution is -0.139. The molecule has 0 aliphatic rings. The van der Waals surface area contributed by atoms with Gasteiger partial charge >= 0.3 is 5.97 Å². The summed E-state index contributed by atoms with van der Waals surface area (Å²) < 4.78 is 0. The van der Waals surface area contributed by atoms with Crippen molar-refractivity contribution >= 4 is 11.9 Å². The molecular formula is C12H16N2O4. The summed E-state index contributed by atoms with van der Waals surface area (Å²) in [5, 5.41) is 20.6. The predicted molar refractivity (Wildman–Crippen MR) is 65.0 cm³/mol. The van der Waals surface area contributed by atoms with E-state index in [0.717, 1.165) is 0 Å². The van der Waals surface area contributed by atoms with Crippen LogP contribution in [0.3, 0.4) is 0 Å². The Balaban J connectivity index is 2.37. The molecule has 98 valence electrons. The fourth-order valence-corrected chi connectivity index (χ4v) is 1.38. The lowest BCUT2D eigenvalue weighted by Crippen LogP contribution is -2.39. The van der Waals surface area contributed by atoms with Gasteiger partial charge in [0.2, 0.25) is 0 Å². The zero-order chi connectivity index (χ0) is 13.5. The van der Waals surface area contributed by atoms with E-state index in [0.29, 0.717) is 5.56 Å². The number of aliphatic hydroxyl groups is 1. The summed E-state index contributed by atoms with van der Waals surface area (Å²) in [4.78, 5) is 22.1. The van der Waals surface area contributed by atoms with Crippen LogP contribution in [0.1, 0.15) is 16.8 Å². The van der Waals surface area contributed by atoms with Gasteiger partial charge in [-0.25, -0.2) is 0 Å². The molecular weight excluding hydrogens is 236 g/mol. The molecule has 5 N–H and O–H groups in total. The maximum Gasteiger partial charge on any atom is 0.320 e. The first-order valence-corrected chi connectivity index (χ1v) is 5.50. The van der Waals surface area contributed by atoms with Crippen LogP contribution >= 0.6 is 0 Å². The lowest BCUT2D eigenvalue weighted by Gasteiger charge is -2.14. The third-order valence-electron chi connectivity index (χ3n) is 2.38. The molecule has 0 aliphatic carbocycles. The van der Waals surface area contributed by atoms with Gasteiger partial charge in [-0.05, 0) is 12.1 Å². The summed E-state index contributed by atoms with van der Waals surface area (Å²) in [6, 6.07) is 7.40. The monoisotopic (exact) mass is 252 g/mol. The van der Waals surface area contributed by atoms with Crippen LogP contribution in [-0.2, 0) is 4.79 Å². The number of carbonyl (C=O) groups is 2. The Hall–Kier alpha value is -1.92. The fourth-order valence-electron chi connectivity index (χ4n) is 1.38. The Morgan fingerprint density at radius 1 is 1.28 bits per heavy atom. The molecule has 0 aromatic heterocycles. The van der Waals surface area contributed by atoms with Crippen LogP contribution in [0.4, 0.5) is 0 Å². The summed E-state index contributed by atoms with van der Waals surface area (Å²) in [5.41, 5.74) is 5.74. The molecule has 2 unspecified atom stereocenters. The Kier molecular flexibility index (Phi) is 5.29. The van der Waals surface area contributed by atoms with Crippen molar-refractivity contribution in [3.63, 3.8) is 0 Å². The summed E-state index contributed by atoms with van der Waals surface area (Å²) >= 11 is 0. The highest BCUT2D eigenvalue weighted by molar-refractivity contribution is 5.94. The van der Waals surface area contributed by atoms with E-state index < -0.39 is 18.1 Å². The number of rotatable bonds is 6. The molecule has 0 bridgehead atoms. The number of hydrogen-bond acceptors (Lipinski definition) is 4. The second-order valence-corrected chi connectivity index (χ2v) is 3.91. The van der Waals surface area contributed by atoms with Crippen molar-refractivity contribution in [2.45, 2.75) is 18.6 Å². The quantitative estimate of drug-likeness (QED) is 0.549.